The summed E-state index contributed by atoms with van der Waals surface area (Å²) in [5.74, 6) is -0.302. The Kier molecular flexibility index (Phi) is 4.59. The van der Waals surface area contributed by atoms with Gasteiger partial charge in [0.25, 0.3) is 5.91 Å². The predicted molar refractivity (Wildman–Crippen MR) is 80.2 cm³/mol. The van der Waals surface area contributed by atoms with Crippen molar-refractivity contribution in [3.8, 4) is 0 Å². The third kappa shape index (κ3) is 3.59. The van der Waals surface area contributed by atoms with Gasteiger partial charge in [0.05, 0.1) is 12.1 Å². The molecule has 2 atom stereocenters. The summed E-state index contributed by atoms with van der Waals surface area (Å²) in [4.78, 5) is 25.6. The Morgan fingerprint density at radius 3 is 2.67 bits per heavy atom. The van der Waals surface area contributed by atoms with Crippen LogP contribution in [0.1, 0.15) is 22.3 Å². The average Bonchev–Trinajstić information content (AvgIpc) is 2.87. The van der Waals surface area contributed by atoms with Crippen LogP contribution in [0.3, 0.4) is 0 Å². The van der Waals surface area contributed by atoms with Gasteiger partial charge in [-0.25, -0.2) is 0 Å². The number of aliphatic hydroxyl groups excluding tert-OH is 1. The lowest BCUT2D eigenvalue weighted by Gasteiger charge is -2.15. The lowest BCUT2D eigenvalue weighted by Crippen LogP contribution is -2.35. The van der Waals surface area contributed by atoms with E-state index in [1.165, 1.54) is 4.90 Å². The van der Waals surface area contributed by atoms with Crippen LogP contribution in [0.2, 0.25) is 0 Å². The van der Waals surface area contributed by atoms with Gasteiger partial charge >= 0.3 is 0 Å². The van der Waals surface area contributed by atoms with E-state index in [0.717, 1.165) is 5.56 Å². The average molecular weight is 291 g/mol. The predicted octanol–water partition coefficient (Wildman–Crippen LogP) is 0.358. The molecule has 6 nitrogen and oxygen atoms in total. The second-order valence-corrected chi connectivity index (χ2v) is 5.57. The van der Waals surface area contributed by atoms with E-state index >= 15 is 0 Å². The Morgan fingerprint density at radius 1 is 1.38 bits per heavy atom. The number of hydrogen-bond donors (Lipinski definition) is 3. The molecule has 0 aromatic heterocycles. The number of hydrogen-bond acceptors (Lipinski definition) is 4. The van der Waals surface area contributed by atoms with Crippen molar-refractivity contribution in [3.63, 3.8) is 0 Å². The molecule has 0 bridgehead atoms. The summed E-state index contributed by atoms with van der Waals surface area (Å²) in [6.45, 7) is 2.30. The summed E-state index contributed by atoms with van der Waals surface area (Å²) in [6.07, 6.45) is -0.0789. The van der Waals surface area contributed by atoms with Crippen molar-refractivity contribution in [2.75, 3.05) is 26.0 Å². The minimum atomic E-state index is -0.483. The summed E-state index contributed by atoms with van der Waals surface area (Å²) in [6, 6.07) is 4.84. The van der Waals surface area contributed by atoms with Crippen molar-refractivity contribution in [2.45, 2.75) is 25.5 Å². The fourth-order valence-corrected chi connectivity index (χ4v) is 2.28. The Bertz CT molecular complexity index is 557. The van der Waals surface area contributed by atoms with E-state index in [1.807, 2.05) is 13.0 Å². The summed E-state index contributed by atoms with van der Waals surface area (Å²) >= 11 is 0. The third-order valence-electron chi connectivity index (χ3n) is 3.57. The van der Waals surface area contributed by atoms with Gasteiger partial charge in [-0.2, -0.15) is 0 Å². The highest BCUT2D eigenvalue weighted by atomic mass is 16.3. The van der Waals surface area contributed by atoms with Crippen LogP contribution in [0.4, 0.5) is 5.69 Å². The SMILES string of the molecule is Cc1ccc(C(=O)N(C)C)cc1NC(=O)C1CC(O)CN1. The van der Waals surface area contributed by atoms with Crippen LogP contribution in [0.25, 0.3) is 0 Å². The number of amides is 2. The lowest BCUT2D eigenvalue weighted by molar-refractivity contribution is -0.117. The minimum Gasteiger partial charge on any atom is -0.392 e. The third-order valence-corrected chi connectivity index (χ3v) is 3.57. The molecular weight excluding hydrogens is 270 g/mol. The normalized spacial score (nSPS) is 21.1. The zero-order chi connectivity index (χ0) is 15.6. The number of nitrogens with zero attached hydrogens (tertiary/aromatic N) is 1. The van der Waals surface area contributed by atoms with Crippen LogP contribution in [-0.2, 0) is 4.79 Å². The second-order valence-electron chi connectivity index (χ2n) is 5.57. The Labute approximate surface area is 124 Å². The first-order valence-electron chi connectivity index (χ1n) is 6.93. The largest absolute Gasteiger partial charge is 0.392 e. The maximum absolute atomic E-state index is 12.1. The van der Waals surface area contributed by atoms with Gasteiger partial charge in [-0.05, 0) is 31.0 Å². The van der Waals surface area contributed by atoms with Crippen molar-refractivity contribution < 1.29 is 14.7 Å². The van der Waals surface area contributed by atoms with E-state index in [4.69, 9.17) is 0 Å². The molecular formula is C15H21N3O3. The number of β-amino-alcohol motifs (C(OH)–C–C–N with tert-alkyl or cyclic N) is 1. The molecule has 1 aromatic carbocycles. The van der Waals surface area contributed by atoms with Crippen LogP contribution < -0.4 is 10.6 Å². The van der Waals surface area contributed by atoms with Gasteiger partial charge in [0, 0.05) is 31.9 Å². The molecule has 1 heterocycles. The topological polar surface area (TPSA) is 81.7 Å². The molecule has 1 fully saturated rings. The number of aryl methyl sites for hydroxylation is 1. The fraction of sp³-hybridized carbons (Fsp3) is 0.467. The van der Waals surface area contributed by atoms with Gasteiger partial charge in [-0.3, -0.25) is 9.59 Å². The number of carbonyl (C=O) groups is 2. The van der Waals surface area contributed by atoms with Crippen LogP contribution >= 0.6 is 0 Å². The van der Waals surface area contributed by atoms with E-state index in [0.29, 0.717) is 24.2 Å². The van der Waals surface area contributed by atoms with Gasteiger partial charge < -0.3 is 20.6 Å². The first kappa shape index (κ1) is 15.5. The van der Waals surface area contributed by atoms with Gasteiger partial charge in [0.15, 0.2) is 0 Å². The molecule has 21 heavy (non-hydrogen) atoms. The second kappa shape index (κ2) is 6.24. The van der Waals surface area contributed by atoms with Crippen molar-refractivity contribution in [3.05, 3.63) is 29.3 Å². The maximum Gasteiger partial charge on any atom is 0.253 e. The Hall–Kier alpha value is -1.92. The molecule has 6 heteroatoms. The van der Waals surface area contributed by atoms with Crippen molar-refractivity contribution in [1.82, 2.24) is 10.2 Å². The summed E-state index contributed by atoms with van der Waals surface area (Å²) in [5, 5.41) is 15.2. The summed E-state index contributed by atoms with van der Waals surface area (Å²) in [7, 11) is 3.37. The van der Waals surface area contributed by atoms with Gasteiger partial charge in [-0.15, -0.1) is 0 Å². The van der Waals surface area contributed by atoms with Gasteiger partial charge in [-0.1, -0.05) is 6.07 Å². The molecule has 0 aliphatic carbocycles. The van der Waals surface area contributed by atoms with Crippen molar-refractivity contribution in [2.24, 2.45) is 0 Å². The molecule has 1 aromatic rings. The molecule has 2 rings (SSSR count). The van der Waals surface area contributed by atoms with Gasteiger partial charge in [0.2, 0.25) is 5.91 Å². The molecule has 0 spiro atoms. The molecule has 2 unspecified atom stereocenters. The number of rotatable bonds is 3. The maximum atomic E-state index is 12.1. The highest BCUT2D eigenvalue weighted by Gasteiger charge is 2.28. The van der Waals surface area contributed by atoms with Crippen LogP contribution in [0.5, 0.6) is 0 Å². The quantitative estimate of drug-likeness (QED) is 0.751. The van der Waals surface area contributed by atoms with E-state index in [9.17, 15) is 14.7 Å². The van der Waals surface area contributed by atoms with E-state index in [-0.39, 0.29) is 11.8 Å². The molecule has 1 saturated heterocycles. The molecule has 0 radical (unpaired) electrons. The zero-order valence-corrected chi connectivity index (χ0v) is 12.5. The smallest absolute Gasteiger partial charge is 0.253 e. The number of anilines is 1. The van der Waals surface area contributed by atoms with E-state index in [2.05, 4.69) is 10.6 Å². The number of carbonyl (C=O) groups excluding carboxylic acids is 2. The Morgan fingerprint density at radius 2 is 2.10 bits per heavy atom. The zero-order valence-electron chi connectivity index (χ0n) is 12.5. The van der Waals surface area contributed by atoms with Crippen molar-refractivity contribution >= 4 is 17.5 Å². The first-order chi connectivity index (χ1) is 9.88. The van der Waals surface area contributed by atoms with Crippen LogP contribution in [0.15, 0.2) is 18.2 Å². The standard InChI is InChI=1S/C15H21N3O3/c1-9-4-5-10(15(21)18(2)3)6-12(9)17-14(20)13-7-11(19)8-16-13/h4-6,11,13,16,19H,7-8H2,1-3H3,(H,17,20). The Balaban J connectivity index is 2.14. The summed E-state index contributed by atoms with van der Waals surface area (Å²) in [5.41, 5.74) is 2.04. The monoisotopic (exact) mass is 291 g/mol. The van der Waals surface area contributed by atoms with Crippen LogP contribution in [0, 0.1) is 6.92 Å². The lowest BCUT2D eigenvalue weighted by atomic mass is 10.1. The number of benzene rings is 1. The summed E-state index contributed by atoms with van der Waals surface area (Å²) < 4.78 is 0. The van der Waals surface area contributed by atoms with Crippen molar-refractivity contribution in [1.29, 1.82) is 0 Å². The molecule has 3 N–H and O–H groups in total. The minimum absolute atomic E-state index is 0.111. The van der Waals surface area contributed by atoms with E-state index in [1.54, 1.807) is 26.2 Å². The fourth-order valence-electron chi connectivity index (χ4n) is 2.28. The highest BCUT2D eigenvalue weighted by molar-refractivity contribution is 5.99. The molecule has 2 amide bonds. The molecule has 0 saturated carbocycles. The molecule has 114 valence electrons. The first-order valence-corrected chi connectivity index (χ1v) is 6.93. The number of aliphatic hydroxyl groups is 1. The van der Waals surface area contributed by atoms with Crippen LogP contribution in [-0.4, -0.2) is 54.6 Å². The molecule has 1 aliphatic rings. The van der Waals surface area contributed by atoms with Gasteiger partial charge in [0.1, 0.15) is 0 Å². The van der Waals surface area contributed by atoms with E-state index < -0.39 is 12.1 Å². The molecule has 1 aliphatic heterocycles. The highest BCUT2D eigenvalue weighted by Crippen LogP contribution is 2.19. The number of nitrogens with one attached hydrogen (secondary N) is 2.